The summed E-state index contributed by atoms with van der Waals surface area (Å²) in [7, 11) is 0. The molecule has 0 amide bonds. The third kappa shape index (κ3) is 3.66. The average Bonchev–Trinajstić information content (AvgIpc) is 2.40. The van der Waals surface area contributed by atoms with Gasteiger partial charge in [-0.3, -0.25) is 0 Å². The van der Waals surface area contributed by atoms with Gasteiger partial charge in [-0.25, -0.2) is 4.39 Å². The van der Waals surface area contributed by atoms with E-state index < -0.39 is 5.82 Å². The fourth-order valence-corrected chi connectivity index (χ4v) is 1.77. The van der Waals surface area contributed by atoms with Crippen LogP contribution in [0.1, 0.15) is 11.1 Å². The molecule has 0 aromatic heterocycles. The van der Waals surface area contributed by atoms with E-state index in [0.29, 0.717) is 16.3 Å². The summed E-state index contributed by atoms with van der Waals surface area (Å²) in [4.78, 5) is 0.339. The molecule has 0 aliphatic carbocycles. The molecule has 5 heteroatoms. The maximum atomic E-state index is 13.2. The van der Waals surface area contributed by atoms with E-state index >= 15 is 0 Å². The molecule has 0 aliphatic heterocycles. The van der Waals surface area contributed by atoms with Crippen molar-refractivity contribution in [3.05, 3.63) is 64.4 Å². The summed E-state index contributed by atoms with van der Waals surface area (Å²) in [6.07, 6.45) is 0. The maximum absolute atomic E-state index is 13.2. The summed E-state index contributed by atoms with van der Waals surface area (Å²) in [6.45, 7) is 0.264. The van der Waals surface area contributed by atoms with Crippen molar-refractivity contribution in [2.75, 3.05) is 0 Å². The Morgan fingerprint density at radius 2 is 1.89 bits per heavy atom. The fourth-order valence-electron chi connectivity index (χ4n) is 1.51. The lowest BCUT2D eigenvalue weighted by Crippen LogP contribution is -2.08. The van der Waals surface area contributed by atoms with Crippen LogP contribution in [0.25, 0.3) is 0 Å². The van der Waals surface area contributed by atoms with Crippen molar-refractivity contribution < 1.29 is 9.13 Å². The van der Waals surface area contributed by atoms with Gasteiger partial charge in [-0.05, 0) is 42.0 Å². The second kappa shape index (κ2) is 5.99. The summed E-state index contributed by atoms with van der Waals surface area (Å²) in [5, 5.41) is 0.101. The normalized spacial score (nSPS) is 10.2. The number of halogens is 2. The van der Waals surface area contributed by atoms with E-state index in [2.05, 4.69) is 0 Å². The molecule has 0 heterocycles. The Hall–Kier alpha value is -1.65. The number of ether oxygens (including phenoxy) is 1. The number of nitrogens with two attached hydrogens (primary N) is 1. The minimum atomic E-state index is -0.452. The van der Waals surface area contributed by atoms with Crippen LogP contribution in [0.4, 0.5) is 4.39 Å². The molecule has 19 heavy (non-hydrogen) atoms. The predicted molar refractivity (Wildman–Crippen MR) is 78.1 cm³/mol. The molecule has 0 saturated heterocycles. The van der Waals surface area contributed by atoms with Gasteiger partial charge in [0.25, 0.3) is 0 Å². The monoisotopic (exact) mass is 295 g/mol. The Labute approximate surface area is 120 Å². The first-order chi connectivity index (χ1) is 9.06. The van der Waals surface area contributed by atoms with E-state index in [-0.39, 0.29) is 11.6 Å². The highest BCUT2D eigenvalue weighted by atomic mass is 35.5. The smallest absolute Gasteiger partial charge is 0.142 e. The number of benzene rings is 2. The second-order valence-electron chi connectivity index (χ2n) is 3.93. The van der Waals surface area contributed by atoms with E-state index in [1.807, 2.05) is 0 Å². The van der Waals surface area contributed by atoms with Crippen LogP contribution in [-0.2, 0) is 6.61 Å². The highest BCUT2D eigenvalue weighted by Gasteiger charge is 2.02. The van der Waals surface area contributed by atoms with Crippen LogP contribution in [0.5, 0.6) is 5.75 Å². The largest absolute Gasteiger partial charge is 0.489 e. The Balaban J connectivity index is 2.01. The molecule has 0 fully saturated rings. The van der Waals surface area contributed by atoms with Gasteiger partial charge in [0, 0.05) is 5.56 Å². The van der Waals surface area contributed by atoms with Crippen LogP contribution >= 0.6 is 23.8 Å². The summed E-state index contributed by atoms with van der Waals surface area (Å²) in [5.41, 5.74) is 6.98. The molecule has 0 saturated carbocycles. The topological polar surface area (TPSA) is 35.2 Å². The van der Waals surface area contributed by atoms with Crippen molar-refractivity contribution >= 4 is 28.8 Å². The summed E-state index contributed by atoms with van der Waals surface area (Å²) in [5.74, 6) is 0.210. The van der Waals surface area contributed by atoms with Crippen molar-refractivity contribution in [1.82, 2.24) is 0 Å². The van der Waals surface area contributed by atoms with Gasteiger partial charge in [0.1, 0.15) is 23.2 Å². The molecule has 98 valence electrons. The molecule has 2 nitrogen and oxygen atoms in total. The van der Waals surface area contributed by atoms with Gasteiger partial charge in [0.15, 0.2) is 0 Å². The quantitative estimate of drug-likeness (QED) is 0.874. The number of hydrogen-bond donors (Lipinski definition) is 1. The molecule has 0 aliphatic rings. The third-order valence-corrected chi connectivity index (χ3v) is 3.07. The fraction of sp³-hybridized carbons (Fsp3) is 0.0714. The predicted octanol–water partition coefficient (Wildman–Crippen LogP) is 3.69. The standard InChI is InChI=1S/C14H11ClFNOS/c15-12-6-1-9(7-13(12)16)8-18-11-4-2-10(3-5-11)14(17)19/h1-7H,8H2,(H2,17,19). The van der Waals surface area contributed by atoms with Gasteiger partial charge >= 0.3 is 0 Å². The van der Waals surface area contributed by atoms with Crippen molar-refractivity contribution in [3.8, 4) is 5.75 Å². The molecule has 2 N–H and O–H groups in total. The second-order valence-corrected chi connectivity index (χ2v) is 4.77. The van der Waals surface area contributed by atoms with E-state index in [4.69, 9.17) is 34.3 Å². The highest BCUT2D eigenvalue weighted by Crippen LogP contribution is 2.18. The number of thiocarbonyl (C=S) groups is 1. The molecular weight excluding hydrogens is 285 g/mol. The Morgan fingerprint density at radius 1 is 1.21 bits per heavy atom. The van der Waals surface area contributed by atoms with Crippen molar-refractivity contribution in [2.24, 2.45) is 5.73 Å². The third-order valence-electron chi connectivity index (χ3n) is 2.53. The van der Waals surface area contributed by atoms with E-state index in [9.17, 15) is 4.39 Å². The van der Waals surface area contributed by atoms with Gasteiger partial charge in [0.05, 0.1) is 5.02 Å². The van der Waals surface area contributed by atoms with Crippen LogP contribution in [0, 0.1) is 5.82 Å². The lowest BCUT2D eigenvalue weighted by atomic mass is 10.2. The first-order valence-corrected chi connectivity index (χ1v) is 6.31. The lowest BCUT2D eigenvalue weighted by molar-refractivity contribution is 0.305. The maximum Gasteiger partial charge on any atom is 0.142 e. The molecule has 2 aromatic carbocycles. The zero-order chi connectivity index (χ0) is 13.8. The summed E-state index contributed by atoms with van der Waals surface area (Å²) < 4.78 is 18.8. The van der Waals surface area contributed by atoms with Crippen molar-refractivity contribution in [2.45, 2.75) is 6.61 Å². The molecular formula is C14H11ClFNOS. The van der Waals surface area contributed by atoms with Gasteiger partial charge in [-0.2, -0.15) is 0 Å². The van der Waals surface area contributed by atoms with E-state index in [1.54, 1.807) is 30.3 Å². The number of hydrogen-bond acceptors (Lipinski definition) is 2. The molecule has 0 spiro atoms. The minimum absolute atomic E-state index is 0.101. The SMILES string of the molecule is NC(=S)c1ccc(OCc2ccc(Cl)c(F)c2)cc1. The van der Waals surface area contributed by atoms with Crippen LogP contribution in [0.3, 0.4) is 0 Å². The minimum Gasteiger partial charge on any atom is -0.489 e. The van der Waals surface area contributed by atoms with Crippen molar-refractivity contribution in [3.63, 3.8) is 0 Å². The van der Waals surface area contributed by atoms with Gasteiger partial charge in [0.2, 0.25) is 0 Å². The number of rotatable bonds is 4. The van der Waals surface area contributed by atoms with Crippen LogP contribution in [-0.4, -0.2) is 4.99 Å². The molecule has 0 unspecified atom stereocenters. The zero-order valence-electron chi connectivity index (χ0n) is 9.90. The van der Waals surface area contributed by atoms with Gasteiger partial charge in [-0.1, -0.05) is 29.9 Å². The average molecular weight is 296 g/mol. The Kier molecular flexibility index (Phi) is 4.35. The molecule has 0 bridgehead atoms. The highest BCUT2D eigenvalue weighted by molar-refractivity contribution is 7.80. The summed E-state index contributed by atoms with van der Waals surface area (Å²) >= 11 is 10.5. The first-order valence-electron chi connectivity index (χ1n) is 5.53. The van der Waals surface area contributed by atoms with Crippen LogP contribution in [0.2, 0.25) is 5.02 Å². The molecule has 0 radical (unpaired) electrons. The van der Waals surface area contributed by atoms with Crippen molar-refractivity contribution in [1.29, 1.82) is 0 Å². The van der Waals surface area contributed by atoms with Crippen LogP contribution < -0.4 is 10.5 Å². The van der Waals surface area contributed by atoms with Gasteiger partial charge in [-0.15, -0.1) is 0 Å². The van der Waals surface area contributed by atoms with Gasteiger partial charge < -0.3 is 10.5 Å². The Bertz CT molecular complexity index is 601. The Morgan fingerprint density at radius 3 is 2.47 bits per heavy atom. The molecule has 2 aromatic rings. The first kappa shape index (κ1) is 13.8. The molecule has 2 rings (SSSR count). The lowest BCUT2D eigenvalue weighted by Gasteiger charge is -2.07. The van der Waals surface area contributed by atoms with E-state index in [0.717, 1.165) is 5.56 Å². The zero-order valence-corrected chi connectivity index (χ0v) is 11.5. The van der Waals surface area contributed by atoms with E-state index in [1.165, 1.54) is 12.1 Å². The molecule has 0 atom stereocenters. The van der Waals surface area contributed by atoms with Crippen LogP contribution in [0.15, 0.2) is 42.5 Å². The summed E-state index contributed by atoms with van der Waals surface area (Å²) in [6, 6.07) is 11.7.